The number of aliphatic carboxylic acids is 1. The van der Waals surface area contributed by atoms with Crippen molar-refractivity contribution >= 4 is 5.97 Å². The van der Waals surface area contributed by atoms with Gasteiger partial charge in [0.1, 0.15) is 12.4 Å². The molecular weight excluding hydrogens is 428 g/mol. The van der Waals surface area contributed by atoms with Crippen molar-refractivity contribution in [1.29, 1.82) is 0 Å². The van der Waals surface area contributed by atoms with Crippen LogP contribution in [0.5, 0.6) is 5.75 Å². The first-order valence-electron chi connectivity index (χ1n) is 12.2. The molecule has 34 heavy (non-hydrogen) atoms. The van der Waals surface area contributed by atoms with E-state index in [1.807, 2.05) is 18.2 Å². The average molecular weight is 463 g/mol. The molecule has 3 aromatic rings. The van der Waals surface area contributed by atoms with E-state index in [1.54, 1.807) is 7.11 Å². The third kappa shape index (κ3) is 5.68. The summed E-state index contributed by atoms with van der Waals surface area (Å²) in [7, 11) is 1.70. The number of ether oxygens (including phenoxy) is 2. The van der Waals surface area contributed by atoms with Gasteiger partial charge in [0.05, 0.1) is 25.1 Å². The molecule has 1 aromatic heterocycles. The molecule has 0 radical (unpaired) electrons. The maximum absolute atomic E-state index is 10.7. The third-order valence-electron chi connectivity index (χ3n) is 6.74. The van der Waals surface area contributed by atoms with Gasteiger partial charge < -0.3 is 14.6 Å². The fraction of sp³-hybridized carbons (Fsp3) is 0.429. The van der Waals surface area contributed by atoms with Gasteiger partial charge in [0.15, 0.2) is 0 Å². The number of hydrogen-bond acceptors (Lipinski definition) is 4. The van der Waals surface area contributed by atoms with Gasteiger partial charge in [-0.25, -0.2) is 4.79 Å². The van der Waals surface area contributed by atoms with E-state index in [9.17, 15) is 4.79 Å². The third-order valence-corrected chi connectivity index (χ3v) is 6.74. The number of carbonyl (C=O) groups is 1. The summed E-state index contributed by atoms with van der Waals surface area (Å²) in [5.74, 6) is 0.926. The molecule has 0 unspecified atom stereocenters. The SMILES string of the molecule is CCc1nn(C[C@H]2CC[C@@H](COCC(=O)O)CC2)c(-c2ccccc2)c1-c1cccc(OC)c1. The Morgan fingerprint density at radius 1 is 1.03 bits per heavy atom. The highest BCUT2D eigenvalue weighted by Gasteiger charge is 2.26. The summed E-state index contributed by atoms with van der Waals surface area (Å²) in [6, 6.07) is 18.8. The predicted octanol–water partition coefficient (Wildman–Crippen LogP) is 5.70. The molecule has 0 aliphatic heterocycles. The second kappa shape index (κ2) is 11.3. The Bertz CT molecular complexity index is 1090. The first-order chi connectivity index (χ1) is 16.6. The minimum atomic E-state index is -0.903. The first-order valence-corrected chi connectivity index (χ1v) is 12.2. The van der Waals surface area contributed by atoms with E-state index < -0.39 is 5.97 Å². The van der Waals surface area contributed by atoms with Crippen molar-refractivity contribution in [2.45, 2.75) is 45.6 Å². The van der Waals surface area contributed by atoms with E-state index in [0.29, 0.717) is 18.4 Å². The Morgan fingerprint density at radius 2 is 1.74 bits per heavy atom. The van der Waals surface area contributed by atoms with Crippen molar-refractivity contribution in [1.82, 2.24) is 9.78 Å². The molecule has 0 saturated heterocycles. The fourth-order valence-corrected chi connectivity index (χ4v) is 5.00. The van der Waals surface area contributed by atoms with Crippen LogP contribution < -0.4 is 4.74 Å². The van der Waals surface area contributed by atoms with Gasteiger partial charge in [-0.3, -0.25) is 4.68 Å². The molecule has 1 fully saturated rings. The topological polar surface area (TPSA) is 73.6 Å². The van der Waals surface area contributed by atoms with Crippen molar-refractivity contribution in [3.8, 4) is 28.1 Å². The standard InChI is InChI=1S/C28H34N2O4/c1-3-25-27(23-10-7-11-24(16-23)33-2)28(22-8-5-4-6-9-22)30(29-25)17-20-12-14-21(15-13-20)18-34-19-26(31)32/h4-11,16,20-21H,3,12-15,17-19H2,1-2H3,(H,31,32)/t20-,21+. The van der Waals surface area contributed by atoms with Crippen LogP contribution in [0.1, 0.15) is 38.3 Å². The Hall–Kier alpha value is -3.12. The molecular formula is C28H34N2O4. The molecule has 180 valence electrons. The van der Waals surface area contributed by atoms with Crippen molar-refractivity contribution < 1.29 is 19.4 Å². The normalized spacial score (nSPS) is 18.1. The van der Waals surface area contributed by atoms with Crippen molar-refractivity contribution in [3.05, 3.63) is 60.3 Å². The van der Waals surface area contributed by atoms with E-state index in [4.69, 9.17) is 19.7 Å². The van der Waals surface area contributed by atoms with Crippen LogP contribution in [0.15, 0.2) is 54.6 Å². The summed E-state index contributed by atoms with van der Waals surface area (Å²) in [6.07, 6.45) is 5.19. The van der Waals surface area contributed by atoms with Gasteiger partial charge in [0.2, 0.25) is 0 Å². The van der Waals surface area contributed by atoms with E-state index >= 15 is 0 Å². The molecule has 1 heterocycles. The molecule has 1 aliphatic carbocycles. The highest BCUT2D eigenvalue weighted by molar-refractivity contribution is 5.83. The maximum atomic E-state index is 10.7. The number of nitrogens with zero attached hydrogens (tertiary/aromatic N) is 2. The van der Waals surface area contributed by atoms with E-state index in [2.05, 4.69) is 48.0 Å². The lowest BCUT2D eigenvalue weighted by molar-refractivity contribution is -0.142. The summed E-state index contributed by atoms with van der Waals surface area (Å²) >= 11 is 0. The van der Waals surface area contributed by atoms with E-state index in [-0.39, 0.29) is 6.61 Å². The lowest BCUT2D eigenvalue weighted by Crippen LogP contribution is -2.23. The molecule has 0 atom stereocenters. The van der Waals surface area contributed by atoms with Gasteiger partial charge in [-0.15, -0.1) is 0 Å². The van der Waals surface area contributed by atoms with Crippen LogP contribution >= 0.6 is 0 Å². The Morgan fingerprint density at radius 3 is 2.41 bits per heavy atom. The molecule has 0 amide bonds. The first kappa shape index (κ1) is 24.0. The average Bonchev–Trinajstić information content (AvgIpc) is 3.23. The molecule has 6 heteroatoms. The fourth-order valence-electron chi connectivity index (χ4n) is 5.00. The minimum Gasteiger partial charge on any atom is -0.497 e. The van der Waals surface area contributed by atoms with Gasteiger partial charge in [-0.05, 0) is 61.6 Å². The molecule has 4 rings (SSSR count). The molecule has 1 saturated carbocycles. The lowest BCUT2D eigenvalue weighted by atomic mass is 9.82. The molecule has 2 aromatic carbocycles. The molecule has 0 spiro atoms. The largest absolute Gasteiger partial charge is 0.497 e. The van der Waals surface area contributed by atoms with Gasteiger partial charge in [0, 0.05) is 17.7 Å². The van der Waals surface area contributed by atoms with Crippen LogP contribution in [0, 0.1) is 11.8 Å². The zero-order valence-corrected chi connectivity index (χ0v) is 20.1. The number of benzene rings is 2. The van der Waals surface area contributed by atoms with Crippen LogP contribution in [0.25, 0.3) is 22.4 Å². The number of aromatic nitrogens is 2. The highest BCUT2D eigenvalue weighted by atomic mass is 16.5. The van der Waals surface area contributed by atoms with Crippen LogP contribution in [0.4, 0.5) is 0 Å². The molecule has 0 bridgehead atoms. The predicted molar refractivity (Wildman–Crippen MR) is 133 cm³/mol. The lowest BCUT2D eigenvalue weighted by Gasteiger charge is -2.28. The van der Waals surface area contributed by atoms with Crippen LogP contribution in [0.3, 0.4) is 0 Å². The van der Waals surface area contributed by atoms with Gasteiger partial charge in [-0.2, -0.15) is 5.10 Å². The molecule has 6 nitrogen and oxygen atoms in total. The summed E-state index contributed by atoms with van der Waals surface area (Å²) in [5.41, 5.74) is 5.74. The number of carboxylic acids is 1. The second-order valence-electron chi connectivity index (χ2n) is 9.10. The van der Waals surface area contributed by atoms with Crippen LogP contribution in [-0.4, -0.2) is 41.2 Å². The Balaban J connectivity index is 1.59. The van der Waals surface area contributed by atoms with Gasteiger partial charge >= 0.3 is 5.97 Å². The number of carboxylic acid groups (broad SMARTS) is 1. The number of hydrogen-bond donors (Lipinski definition) is 1. The second-order valence-corrected chi connectivity index (χ2v) is 9.10. The van der Waals surface area contributed by atoms with E-state index in [0.717, 1.165) is 61.3 Å². The zero-order valence-electron chi connectivity index (χ0n) is 20.1. The van der Waals surface area contributed by atoms with Crippen molar-refractivity contribution in [2.75, 3.05) is 20.3 Å². The van der Waals surface area contributed by atoms with Crippen molar-refractivity contribution in [3.63, 3.8) is 0 Å². The summed E-state index contributed by atoms with van der Waals surface area (Å²) in [5, 5.41) is 13.9. The number of methoxy groups -OCH3 is 1. The monoisotopic (exact) mass is 462 g/mol. The highest BCUT2D eigenvalue weighted by Crippen LogP contribution is 2.38. The Labute approximate surface area is 201 Å². The summed E-state index contributed by atoms with van der Waals surface area (Å²) in [6.45, 7) is 3.37. The smallest absolute Gasteiger partial charge is 0.329 e. The minimum absolute atomic E-state index is 0.208. The molecule has 1 N–H and O–H groups in total. The van der Waals surface area contributed by atoms with Crippen LogP contribution in [0.2, 0.25) is 0 Å². The number of aryl methyl sites for hydroxylation is 1. The number of rotatable bonds is 10. The van der Waals surface area contributed by atoms with E-state index in [1.165, 1.54) is 11.1 Å². The van der Waals surface area contributed by atoms with Crippen LogP contribution in [-0.2, 0) is 22.5 Å². The summed E-state index contributed by atoms with van der Waals surface area (Å²) < 4.78 is 13.1. The zero-order chi connectivity index (χ0) is 23.9. The summed E-state index contributed by atoms with van der Waals surface area (Å²) in [4.78, 5) is 10.7. The Kier molecular flexibility index (Phi) is 8.01. The van der Waals surface area contributed by atoms with Crippen molar-refractivity contribution in [2.24, 2.45) is 11.8 Å². The van der Waals surface area contributed by atoms with Gasteiger partial charge in [-0.1, -0.05) is 49.4 Å². The maximum Gasteiger partial charge on any atom is 0.329 e. The molecule has 1 aliphatic rings. The quantitative estimate of drug-likeness (QED) is 0.419. The van der Waals surface area contributed by atoms with Gasteiger partial charge in [0.25, 0.3) is 0 Å².